The lowest BCUT2D eigenvalue weighted by Crippen LogP contribution is -2.50. The molecule has 5 nitrogen and oxygen atoms in total. The molecule has 2 N–H and O–H groups in total. The number of hydrogen-bond donors (Lipinski definition) is 2. The van der Waals surface area contributed by atoms with Gasteiger partial charge in [-0.05, 0) is 31.0 Å². The number of amides is 2. The maximum atomic E-state index is 12.3. The van der Waals surface area contributed by atoms with E-state index in [0.29, 0.717) is 0 Å². The van der Waals surface area contributed by atoms with Gasteiger partial charge in [-0.1, -0.05) is 6.07 Å². The number of piperidine rings is 1. The van der Waals surface area contributed by atoms with Gasteiger partial charge in [-0.2, -0.15) is 13.2 Å². The Morgan fingerprint density at radius 1 is 1.23 bits per heavy atom. The van der Waals surface area contributed by atoms with Crippen LogP contribution >= 0.6 is 0 Å². The van der Waals surface area contributed by atoms with E-state index in [1.54, 1.807) is 0 Å². The standard InChI is InChI=1S/C14H15F3N2O3/c15-14(16,17)13(22)19-6-4-10(5-7-19)18-12(21)9-2-1-3-11(20)8-9/h1-3,8,10,20H,4-7H2,(H,18,21). The summed E-state index contributed by atoms with van der Waals surface area (Å²) >= 11 is 0. The fourth-order valence-electron chi connectivity index (χ4n) is 2.32. The molecule has 0 aromatic heterocycles. The molecule has 22 heavy (non-hydrogen) atoms. The minimum atomic E-state index is -4.86. The summed E-state index contributed by atoms with van der Waals surface area (Å²) in [6.45, 7) is -0.105. The predicted molar refractivity (Wildman–Crippen MR) is 71.2 cm³/mol. The fraction of sp³-hybridized carbons (Fsp3) is 0.429. The summed E-state index contributed by atoms with van der Waals surface area (Å²) in [5.41, 5.74) is 0.272. The van der Waals surface area contributed by atoms with Gasteiger partial charge in [0.15, 0.2) is 0 Å². The smallest absolute Gasteiger partial charge is 0.471 e. The molecule has 1 aliphatic heterocycles. The van der Waals surface area contributed by atoms with Gasteiger partial charge in [0, 0.05) is 24.7 Å². The molecule has 1 aromatic carbocycles. The normalized spacial score (nSPS) is 16.4. The molecule has 2 amide bonds. The molecule has 1 aliphatic rings. The van der Waals surface area contributed by atoms with Gasteiger partial charge in [0.25, 0.3) is 5.91 Å². The van der Waals surface area contributed by atoms with Crippen LogP contribution in [0.5, 0.6) is 5.75 Å². The van der Waals surface area contributed by atoms with Crippen LogP contribution in [0.2, 0.25) is 0 Å². The molecule has 120 valence electrons. The Hall–Kier alpha value is -2.25. The van der Waals surface area contributed by atoms with Crippen molar-refractivity contribution in [3.8, 4) is 5.75 Å². The highest BCUT2D eigenvalue weighted by Gasteiger charge is 2.43. The van der Waals surface area contributed by atoms with Gasteiger partial charge in [-0.3, -0.25) is 9.59 Å². The third-order valence-electron chi connectivity index (χ3n) is 3.47. The quantitative estimate of drug-likeness (QED) is 0.872. The summed E-state index contributed by atoms with van der Waals surface area (Å²) in [4.78, 5) is 23.8. The number of halogens is 3. The number of nitrogens with zero attached hydrogens (tertiary/aromatic N) is 1. The Labute approximate surface area is 124 Å². The van der Waals surface area contributed by atoms with E-state index in [-0.39, 0.29) is 43.3 Å². The first kappa shape index (κ1) is 16.1. The molecule has 1 fully saturated rings. The SMILES string of the molecule is O=C(NC1CCN(C(=O)C(F)(F)F)CC1)c1cccc(O)c1. The van der Waals surface area contributed by atoms with Crippen molar-refractivity contribution in [2.24, 2.45) is 0 Å². The van der Waals surface area contributed by atoms with Crippen molar-refractivity contribution in [2.75, 3.05) is 13.1 Å². The number of likely N-dealkylation sites (tertiary alicyclic amines) is 1. The van der Waals surface area contributed by atoms with Crippen LogP contribution in [-0.4, -0.2) is 47.1 Å². The van der Waals surface area contributed by atoms with Crippen molar-refractivity contribution in [3.63, 3.8) is 0 Å². The molecule has 0 radical (unpaired) electrons. The summed E-state index contributed by atoms with van der Waals surface area (Å²) in [6.07, 6.45) is -4.35. The van der Waals surface area contributed by atoms with Gasteiger partial charge in [0.1, 0.15) is 5.75 Å². The van der Waals surface area contributed by atoms with Crippen LogP contribution < -0.4 is 5.32 Å². The van der Waals surface area contributed by atoms with E-state index in [0.717, 1.165) is 4.90 Å². The number of carbonyl (C=O) groups is 2. The second-order valence-corrected chi connectivity index (χ2v) is 5.09. The zero-order chi connectivity index (χ0) is 16.3. The highest BCUT2D eigenvalue weighted by Crippen LogP contribution is 2.21. The maximum Gasteiger partial charge on any atom is 0.471 e. The van der Waals surface area contributed by atoms with Gasteiger partial charge in [-0.15, -0.1) is 0 Å². The Balaban J connectivity index is 1.88. The van der Waals surface area contributed by atoms with E-state index in [1.807, 2.05) is 0 Å². The summed E-state index contributed by atoms with van der Waals surface area (Å²) in [6, 6.07) is 5.48. The summed E-state index contributed by atoms with van der Waals surface area (Å²) < 4.78 is 36.9. The average molecular weight is 316 g/mol. The number of phenolic OH excluding ortho intramolecular Hbond substituents is 1. The number of phenols is 1. The summed E-state index contributed by atoms with van der Waals surface area (Å²) in [5.74, 6) is -2.29. The third-order valence-corrected chi connectivity index (χ3v) is 3.47. The number of rotatable bonds is 2. The van der Waals surface area contributed by atoms with Crippen molar-refractivity contribution in [1.29, 1.82) is 0 Å². The highest BCUT2D eigenvalue weighted by atomic mass is 19.4. The van der Waals surface area contributed by atoms with Crippen molar-refractivity contribution < 1.29 is 27.9 Å². The average Bonchev–Trinajstić information content (AvgIpc) is 2.46. The van der Waals surface area contributed by atoms with Crippen molar-refractivity contribution in [1.82, 2.24) is 10.2 Å². The summed E-state index contributed by atoms with van der Waals surface area (Å²) in [7, 11) is 0. The molecule has 2 rings (SSSR count). The Bertz CT molecular complexity index is 567. The molecule has 0 aliphatic carbocycles. The molecule has 0 spiro atoms. The molecule has 0 bridgehead atoms. The van der Waals surface area contributed by atoms with Gasteiger partial charge in [0.2, 0.25) is 0 Å². The van der Waals surface area contributed by atoms with E-state index >= 15 is 0 Å². The second kappa shape index (κ2) is 6.25. The lowest BCUT2D eigenvalue weighted by molar-refractivity contribution is -0.186. The Kier molecular flexibility index (Phi) is 4.58. The zero-order valence-electron chi connectivity index (χ0n) is 11.6. The monoisotopic (exact) mass is 316 g/mol. The number of nitrogens with one attached hydrogen (secondary N) is 1. The highest BCUT2D eigenvalue weighted by molar-refractivity contribution is 5.94. The van der Waals surface area contributed by atoms with Crippen LogP contribution in [-0.2, 0) is 4.79 Å². The largest absolute Gasteiger partial charge is 0.508 e. The fourth-order valence-corrected chi connectivity index (χ4v) is 2.32. The van der Waals surface area contributed by atoms with Crippen LogP contribution in [0, 0.1) is 0 Å². The number of benzene rings is 1. The minimum Gasteiger partial charge on any atom is -0.508 e. The van der Waals surface area contributed by atoms with Gasteiger partial charge >= 0.3 is 12.1 Å². The van der Waals surface area contributed by atoms with Crippen LogP contribution in [0.4, 0.5) is 13.2 Å². The Morgan fingerprint density at radius 2 is 1.86 bits per heavy atom. The molecule has 0 saturated carbocycles. The first-order valence-electron chi connectivity index (χ1n) is 6.73. The molecular formula is C14H15F3N2O3. The van der Waals surface area contributed by atoms with E-state index in [2.05, 4.69) is 5.32 Å². The number of carbonyl (C=O) groups excluding carboxylic acids is 2. The van der Waals surface area contributed by atoms with Crippen molar-refractivity contribution >= 4 is 11.8 Å². The topological polar surface area (TPSA) is 69.6 Å². The maximum absolute atomic E-state index is 12.3. The first-order chi connectivity index (χ1) is 10.3. The molecule has 1 aromatic rings. The lowest BCUT2D eigenvalue weighted by atomic mass is 10.0. The van der Waals surface area contributed by atoms with Gasteiger partial charge < -0.3 is 15.3 Å². The molecule has 0 atom stereocenters. The lowest BCUT2D eigenvalue weighted by Gasteiger charge is -2.32. The molecule has 8 heteroatoms. The molecular weight excluding hydrogens is 301 g/mol. The number of hydrogen-bond acceptors (Lipinski definition) is 3. The van der Waals surface area contributed by atoms with Crippen LogP contribution in [0.3, 0.4) is 0 Å². The minimum absolute atomic E-state index is 0.0433. The summed E-state index contributed by atoms with van der Waals surface area (Å²) in [5, 5.41) is 12.0. The van der Waals surface area contributed by atoms with E-state index in [4.69, 9.17) is 0 Å². The second-order valence-electron chi connectivity index (χ2n) is 5.09. The number of aromatic hydroxyl groups is 1. The third kappa shape index (κ3) is 3.90. The van der Waals surface area contributed by atoms with E-state index < -0.39 is 18.0 Å². The van der Waals surface area contributed by atoms with Crippen molar-refractivity contribution in [3.05, 3.63) is 29.8 Å². The molecule has 0 unspecified atom stereocenters. The van der Waals surface area contributed by atoms with Gasteiger partial charge in [0.05, 0.1) is 0 Å². The van der Waals surface area contributed by atoms with Crippen LogP contribution in [0.1, 0.15) is 23.2 Å². The predicted octanol–water partition coefficient (Wildman–Crippen LogP) is 1.68. The van der Waals surface area contributed by atoms with Gasteiger partial charge in [-0.25, -0.2) is 0 Å². The van der Waals surface area contributed by atoms with Crippen molar-refractivity contribution in [2.45, 2.75) is 25.1 Å². The Morgan fingerprint density at radius 3 is 2.41 bits per heavy atom. The number of alkyl halides is 3. The molecule has 1 heterocycles. The van der Waals surface area contributed by atoms with E-state index in [1.165, 1.54) is 24.3 Å². The van der Waals surface area contributed by atoms with E-state index in [9.17, 15) is 27.9 Å². The molecule has 1 saturated heterocycles. The first-order valence-corrected chi connectivity index (χ1v) is 6.73. The van der Waals surface area contributed by atoms with Crippen LogP contribution in [0.15, 0.2) is 24.3 Å². The van der Waals surface area contributed by atoms with Crippen LogP contribution in [0.25, 0.3) is 0 Å². The zero-order valence-corrected chi connectivity index (χ0v) is 11.6.